The lowest BCUT2D eigenvalue weighted by Gasteiger charge is -2.32. The largest absolute Gasteiger partial charge is 0.374 e. The Morgan fingerprint density at radius 1 is 1.25 bits per heavy atom. The Hall–Kier alpha value is -1.02. The number of hydrogen-bond donors (Lipinski definition) is 1. The van der Waals surface area contributed by atoms with E-state index in [1.54, 1.807) is 0 Å². The number of nitrogens with one attached hydrogen (secondary N) is 1. The van der Waals surface area contributed by atoms with Crippen LogP contribution < -0.4 is 10.2 Å². The van der Waals surface area contributed by atoms with E-state index >= 15 is 0 Å². The van der Waals surface area contributed by atoms with Crippen LogP contribution in [0.25, 0.3) is 0 Å². The molecule has 1 aromatic rings. The number of anilines is 1. The maximum Gasteiger partial charge on any atom is 0.0393 e. The van der Waals surface area contributed by atoms with Crippen molar-refractivity contribution in [1.29, 1.82) is 0 Å². The summed E-state index contributed by atoms with van der Waals surface area (Å²) in [6.07, 6.45) is 4.25. The molecule has 112 valence electrons. The van der Waals surface area contributed by atoms with Gasteiger partial charge in [-0.2, -0.15) is 0 Å². The monoisotopic (exact) mass is 274 g/mol. The van der Waals surface area contributed by atoms with E-state index in [1.165, 1.54) is 42.6 Å². The molecule has 1 aromatic carbocycles. The highest BCUT2D eigenvalue weighted by Gasteiger charge is 2.19. The van der Waals surface area contributed by atoms with Crippen molar-refractivity contribution in [2.24, 2.45) is 5.92 Å². The summed E-state index contributed by atoms with van der Waals surface area (Å²) in [4.78, 5) is 2.43. The number of benzene rings is 1. The maximum atomic E-state index is 3.55. The zero-order chi connectivity index (χ0) is 14.8. The molecule has 1 saturated carbocycles. The van der Waals surface area contributed by atoms with Crippen molar-refractivity contribution in [3.8, 4) is 0 Å². The minimum atomic E-state index is 0.174. The van der Waals surface area contributed by atoms with Gasteiger partial charge in [-0.3, -0.25) is 0 Å². The molecule has 0 spiro atoms. The van der Waals surface area contributed by atoms with Gasteiger partial charge in [-0.15, -0.1) is 0 Å². The summed E-state index contributed by atoms with van der Waals surface area (Å²) in [6, 6.07) is 6.87. The van der Waals surface area contributed by atoms with E-state index in [1.807, 2.05) is 0 Å². The Morgan fingerprint density at radius 2 is 1.95 bits per heavy atom. The molecule has 0 heterocycles. The van der Waals surface area contributed by atoms with E-state index in [0.29, 0.717) is 0 Å². The molecular formula is C18H30N2. The van der Waals surface area contributed by atoms with Crippen LogP contribution in [0.2, 0.25) is 0 Å². The third-order valence-corrected chi connectivity index (χ3v) is 4.25. The van der Waals surface area contributed by atoms with Gasteiger partial charge in [0.1, 0.15) is 0 Å². The first kappa shape index (κ1) is 15.4. The van der Waals surface area contributed by atoms with Crippen LogP contribution in [0.5, 0.6) is 0 Å². The first-order chi connectivity index (χ1) is 9.35. The molecule has 2 nitrogen and oxygen atoms in total. The van der Waals surface area contributed by atoms with Gasteiger partial charge >= 0.3 is 0 Å². The number of aryl methyl sites for hydroxylation is 1. The van der Waals surface area contributed by atoms with Crippen LogP contribution in [-0.4, -0.2) is 19.1 Å². The number of nitrogens with zero attached hydrogens (tertiary/aromatic N) is 1. The zero-order valence-electron chi connectivity index (χ0n) is 13.8. The van der Waals surface area contributed by atoms with Crippen LogP contribution in [0.3, 0.4) is 0 Å². The van der Waals surface area contributed by atoms with E-state index < -0.39 is 0 Å². The molecule has 0 radical (unpaired) electrons. The summed E-state index contributed by atoms with van der Waals surface area (Å²) >= 11 is 0. The smallest absolute Gasteiger partial charge is 0.0393 e. The minimum absolute atomic E-state index is 0.174. The van der Waals surface area contributed by atoms with Crippen LogP contribution in [0.15, 0.2) is 18.2 Å². The summed E-state index contributed by atoms with van der Waals surface area (Å²) in [6.45, 7) is 11.0. The van der Waals surface area contributed by atoms with Crippen LogP contribution in [0.1, 0.15) is 51.2 Å². The summed E-state index contributed by atoms with van der Waals surface area (Å²) < 4.78 is 0. The highest BCUT2D eigenvalue weighted by Crippen LogP contribution is 2.29. The second kappa shape index (κ2) is 6.17. The summed E-state index contributed by atoms with van der Waals surface area (Å²) in [5.74, 6) is 0.918. The Kier molecular flexibility index (Phi) is 4.74. The van der Waals surface area contributed by atoms with Crippen molar-refractivity contribution < 1.29 is 0 Å². The lowest BCUT2D eigenvalue weighted by Crippen LogP contribution is -2.35. The number of hydrogen-bond acceptors (Lipinski definition) is 2. The fraction of sp³-hybridized carbons (Fsp3) is 0.667. The van der Waals surface area contributed by atoms with E-state index in [2.05, 4.69) is 63.2 Å². The van der Waals surface area contributed by atoms with Crippen molar-refractivity contribution in [2.75, 3.05) is 18.5 Å². The molecule has 0 aromatic heterocycles. The zero-order valence-corrected chi connectivity index (χ0v) is 13.8. The molecule has 20 heavy (non-hydrogen) atoms. The number of rotatable bonds is 5. The third-order valence-electron chi connectivity index (χ3n) is 4.25. The van der Waals surface area contributed by atoms with Gasteiger partial charge in [-0.05, 0) is 63.6 Å². The summed E-state index contributed by atoms with van der Waals surface area (Å²) in [5, 5.41) is 3.55. The molecule has 0 unspecified atom stereocenters. The van der Waals surface area contributed by atoms with Gasteiger partial charge in [0.15, 0.2) is 0 Å². The fourth-order valence-electron chi connectivity index (χ4n) is 2.78. The lowest BCUT2D eigenvalue weighted by molar-refractivity contribution is 0.321. The highest BCUT2D eigenvalue weighted by molar-refractivity contribution is 5.54. The van der Waals surface area contributed by atoms with E-state index in [9.17, 15) is 0 Å². The average Bonchev–Trinajstić information content (AvgIpc) is 2.30. The Bertz CT molecular complexity index is 441. The summed E-state index contributed by atoms with van der Waals surface area (Å²) in [5.41, 5.74) is 4.32. The van der Waals surface area contributed by atoms with Crippen molar-refractivity contribution in [2.45, 2.75) is 59.0 Å². The van der Waals surface area contributed by atoms with Crippen molar-refractivity contribution in [3.05, 3.63) is 29.3 Å². The molecule has 0 aliphatic heterocycles. The molecule has 0 saturated heterocycles. The molecule has 0 bridgehead atoms. The molecular weight excluding hydrogens is 244 g/mol. The third kappa shape index (κ3) is 4.24. The first-order valence-electron chi connectivity index (χ1n) is 7.91. The van der Waals surface area contributed by atoms with Crippen LogP contribution in [0, 0.1) is 12.8 Å². The molecule has 0 atom stereocenters. The second-order valence-electron chi connectivity index (χ2n) is 7.40. The van der Waals surface area contributed by atoms with Gasteiger partial charge in [0.05, 0.1) is 0 Å². The quantitative estimate of drug-likeness (QED) is 0.869. The van der Waals surface area contributed by atoms with E-state index in [0.717, 1.165) is 12.5 Å². The van der Waals surface area contributed by atoms with Gasteiger partial charge in [0.2, 0.25) is 0 Å². The first-order valence-corrected chi connectivity index (χ1v) is 7.91. The van der Waals surface area contributed by atoms with Crippen molar-refractivity contribution in [1.82, 2.24) is 5.32 Å². The van der Waals surface area contributed by atoms with Gasteiger partial charge in [-0.1, -0.05) is 18.6 Å². The van der Waals surface area contributed by atoms with Crippen molar-refractivity contribution in [3.63, 3.8) is 0 Å². The average molecular weight is 274 g/mol. The predicted molar refractivity (Wildman–Crippen MR) is 88.4 cm³/mol. The van der Waals surface area contributed by atoms with E-state index in [-0.39, 0.29) is 5.54 Å². The molecule has 1 aliphatic carbocycles. The predicted octanol–water partition coefficient (Wildman–Crippen LogP) is 4.12. The highest BCUT2D eigenvalue weighted by atomic mass is 15.1. The van der Waals surface area contributed by atoms with Gasteiger partial charge in [0.25, 0.3) is 0 Å². The Balaban J connectivity index is 1.97. The van der Waals surface area contributed by atoms with Crippen LogP contribution in [0.4, 0.5) is 5.69 Å². The fourth-order valence-corrected chi connectivity index (χ4v) is 2.78. The topological polar surface area (TPSA) is 15.3 Å². The van der Waals surface area contributed by atoms with Gasteiger partial charge in [0, 0.05) is 31.4 Å². The lowest BCUT2D eigenvalue weighted by atomic mass is 9.85. The van der Waals surface area contributed by atoms with Gasteiger partial charge < -0.3 is 10.2 Å². The normalized spacial score (nSPS) is 16.1. The SMILES string of the molecule is Cc1cc(CNC(C)(C)C)ccc1N(C)CC1CCC1. The molecule has 1 N–H and O–H groups in total. The van der Waals surface area contributed by atoms with Gasteiger partial charge in [-0.25, -0.2) is 0 Å². The second-order valence-corrected chi connectivity index (χ2v) is 7.40. The molecule has 1 fully saturated rings. The molecule has 0 amide bonds. The molecule has 1 aliphatic rings. The minimum Gasteiger partial charge on any atom is -0.374 e. The maximum absolute atomic E-state index is 3.55. The molecule has 2 heteroatoms. The van der Waals surface area contributed by atoms with Crippen molar-refractivity contribution >= 4 is 5.69 Å². The van der Waals surface area contributed by atoms with E-state index in [4.69, 9.17) is 0 Å². The summed E-state index contributed by atoms with van der Waals surface area (Å²) in [7, 11) is 2.23. The standard InChI is InChI=1S/C18H30N2/c1-14-11-16(12-19-18(2,3)4)9-10-17(14)20(5)13-15-7-6-8-15/h9-11,15,19H,6-8,12-13H2,1-5H3. The molecule has 2 rings (SSSR count). The Labute approximate surface area is 124 Å². The van der Waals surface area contributed by atoms with Crippen LogP contribution >= 0.6 is 0 Å². The Morgan fingerprint density at radius 3 is 2.45 bits per heavy atom. The van der Waals surface area contributed by atoms with Crippen LogP contribution in [-0.2, 0) is 6.54 Å².